The lowest BCUT2D eigenvalue weighted by molar-refractivity contribution is -0.385. The second-order valence-electron chi connectivity index (χ2n) is 5.81. The van der Waals surface area contributed by atoms with Crippen molar-refractivity contribution in [2.24, 2.45) is 5.14 Å². The molecular formula is C16H16N6O4S. The molecule has 0 aliphatic carbocycles. The Morgan fingerprint density at radius 3 is 2.56 bits per heavy atom. The molecule has 0 aliphatic heterocycles. The average molecular weight is 388 g/mol. The van der Waals surface area contributed by atoms with Gasteiger partial charge in [0.05, 0.1) is 27.7 Å². The van der Waals surface area contributed by atoms with Gasteiger partial charge in [-0.25, -0.2) is 18.2 Å². The Balaban J connectivity index is 1.88. The molecule has 1 unspecified atom stereocenters. The van der Waals surface area contributed by atoms with E-state index < -0.39 is 21.0 Å². The molecule has 0 saturated heterocycles. The van der Waals surface area contributed by atoms with E-state index in [1.807, 2.05) is 30.3 Å². The lowest BCUT2D eigenvalue weighted by Crippen LogP contribution is -2.14. The van der Waals surface area contributed by atoms with Crippen LogP contribution in [0.25, 0.3) is 5.69 Å². The standard InChI is InChI=1S/C16H16N6O4S/c1-11(16-10-21(20-19-16)13-5-3-2-4-6-13)18-12-7-14(22(23)24)9-15(8-12)27(17,25)26/h2-11,18H,1H3,(H2,17,25,26). The lowest BCUT2D eigenvalue weighted by Gasteiger charge is -2.13. The second kappa shape index (κ2) is 7.13. The number of nitrogens with zero attached hydrogens (tertiary/aromatic N) is 4. The van der Waals surface area contributed by atoms with Crippen molar-refractivity contribution in [3.8, 4) is 5.69 Å². The summed E-state index contributed by atoms with van der Waals surface area (Å²) in [7, 11) is -4.09. The SMILES string of the molecule is CC(Nc1cc([N+](=O)[O-])cc(S(N)(=O)=O)c1)c1cn(-c2ccccc2)nn1. The van der Waals surface area contributed by atoms with Crippen LogP contribution in [0.15, 0.2) is 59.6 Å². The smallest absolute Gasteiger partial charge is 0.272 e. The summed E-state index contributed by atoms with van der Waals surface area (Å²) < 4.78 is 24.7. The summed E-state index contributed by atoms with van der Waals surface area (Å²) >= 11 is 0. The van der Waals surface area contributed by atoms with E-state index in [1.54, 1.807) is 17.8 Å². The van der Waals surface area contributed by atoms with Gasteiger partial charge in [-0.2, -0.15) is 0 Å². The fraction of sp³-hybridized carbons (Fsp3) is 0.125. The van der Waals surface area contributed by atoms with Gasteiger partial charge in [-0.15, -0.1) is 5.10 Å². The van der Waals surface area contributed by atoms with Crippen LogP contribution in [0.2, 0.25) is 0 Å². The van der Waals surface area contributed by atoms with Gasteiger partial charge < -0.3 is 5.32 Å². The average Bonchev–Trinajstić information content (AvgIpc) is 3.12. The molecule has 0 aliphatic rings. The highest BCUT2D eigenvalue weighted by atomic mass is 32.2. The maximum Gasteiger partial charge on any atom is 0.272 e. The number of nitro benzene ring substituents is 1. The minimum Gasteiger partial charge on any atom is -0.377 e. The van der Waals surface area contributed by atoms with Crippen LogP contribution in [0.1, 0.15) is 18.7 Å². The molecule has 2 aromatic carbocycles. The minimum atomic E-state index is -4.09. The largest absolute Gasteiger partial charge is 0.377 e. The maximum absolute atomic E-state index is 11.6. The van der Waals surface area contributed by atoms with Gasteiger partial charge in [0.1, 0.15) is 5.69 Å². The molecule has 3 aromatic rings. The summed E-state index contributed by atoms with van der Waals surface area (Å²) in [6, 6.07) is 12.4. The number of nitrogens with two attached hydrogens (primary N) is 1. The Bertz CT molecular complexity index is 1080. The van der Waals surface area contributed by atoms with E-state index in [9.17, 15) is 18.5 Å². The van der Waals surface area contributed by atoms with Crippen molar-refractivity contribution in [2.75, 3.05) is 5.32 Å². The number of nitrogens with one attached hydrogen (secondary N) is 1. The molecule has 140 valence electrons. The Morgan fingerprint density at radius 2 is 1.93 bits per heavy atom. The molecule has 0 saturated carbocycles. The predicted molar refractivity (Wildman–Crippen MR) is 97.9 cm³/mol. The number of hydrogen-bond donors (Lipinski definition) is 2. The molecule has 3 N–H and O–H groups in total. The van der Waals surface area contributed by atoms with Gasteiger partial charge in [-0.1, -0.05) is 23.4 Å². The number of sulfonamides is 1. The predicted octanol–water partition coefficient (Wildman–Crippen LogP) is 2.00. The van der Waals surface area contributed by atoms with Crippen molar-refractivity contribution >= 4 is 21.4 Å². The zero-order chi connectivity index (χ0) is 19.6. The molecule has 1 atom stereocenters. The Hall–Kier alpha value is -3.31. The molecular weight excluding hydrogens is 372 g/mol. The van der Waals surface area contributed by atoms with Crippen molar-refractivity contribution in [1.82, 2.24) is 15.0 Å². The summed E-state index contributed by atoms with van der Waals surface area (Å²) in [5.41, 5.74) is 1.25. The molecule has 1 aromatic heterocycles. The third kappa shape index (κ3) is 4.27. The van der Waals surface area contributed by atoms with Crippen LogP contribution in [0.5, 0.6) is 0 Å². The quantitative estimate of drug-likeness (QED) is 0.485. The monoisotopic (exact) mass is 388 g/mol. The molecule has 3 rings (SSSR count). The molecule has 0 amide bonds. The fourth-order valence-electron chi connectivity index (χ4n) is 2.44. The summed E-state index contributed by atoms with van der Waals surface area (Å²) in [5, 5.41) is 27.3. The first-order valence-corrected chi connectivity index (χ1v) is 9.35. The molecule has 0 bridgehead atoms. The number of nitro groups is 1. The number of rotatable bonds is 6. The number of benzene rings is 2. The summed E-state index contributed by atoms with van der Waals surface area (Å²) in [6.07, 6.45) is 1.71. The van der Waals surface area contributed by atoms with Crippen molar-refractivity contribution < 1.29 is 13.3 Å². The molecule has 10 nitrogen and oxygen atoms in total. The minimum absolute atomic E-state index is 0.231. The maximum atomic E-state index is 11.6. The number of anilines is 1. The Kier molecular flexibility index (Phi) is 4.88. The van der Waals surface area contributed by atoms with Gasteiger partial charge in [0.2, 0.25) is 10.0 Å². The third-order valence-electron chi connectivity index (χ3n) is 3.79. The van der Waals surface area contributed by atoms with E-state index >= 15 is 0 Å². The highest BCUT2D eigenvalue weighted by molar-refractivity contribution is 7.89. The van der Waals surface area contributed by atoms with Gasteiger partial charge >= 0.3 is 0 Å². The number of aromatic nitrogens is 3. The first kappa shape index (κ1) is 18.5. The number of primary sulfonamides is 1. The van der Waals surface area contributed by atoms with Crippen LogP contribution in [0.4, 0.5) is 11.4 Å². The Labute approximate surface area is 154 Å². The first-order valence-electron chi connectivity index (χ1n) is 7.80. The number of para-hydroxylation sites is 1. The van der Waals surface area contributed by atoms with E-state index in [-0.39, 0.29) is 16.3 Å². The van der Waals surface area contributed by atoms with Crippen LogP contribution in [-0.2, 0) is 10.0 Å². The Morgan fingerprint density at radius 1 is 1.22 bits per heavy atom. The zero-order valence-corrected chi connectivity index (χ0v) is 15.0. The first-order chi connectivity index (χ1) is 12.7. The van der Waals surface area contributed by atoms with Gasteiger partial charge in [-0.05, 0) is 25.1 Å². The molecule has 0 radical (unpaired) electrons. The molecule has 1 heterocycles. The number of hydrogen-bond acceptors (Lipinski definition) is 7. The van der Waals surface area contributed by atoms with Crippen molar-refractivity contribution in [3.05, 3.63) is 70.5 Å². The second-order valence-corrected chi connectivity index (χ2v) is 7.37. The summed E-state index contributed by atoms with van der Waals surface area (Å²) in [6.45, 7) is 1.77. The topological polar surface area (TPSA) is 146 Å². The molecule has 0 spiro atoms. The van der Waals surface area contributed by atoms with E-state index in [0.29, 0.717) is 5.69 Å². The fourth-order valence-corrected chi connectivity index (χ4v) is 3.02. The van der Waals surface area contributed by atoms with Crippen LogP contribution >= 0.6 is 0 Å². The highest BCUT2D eigenvalue weighted by Crippen LogP contribution is 2.26. The van der Waals surface area contributed by atoms with E-state index in [4.69, 9.17) is 5.14 Å². The van der Waals surface area contributed by atoms with Gasteiger partial charge in [0, 0.05) is 17.8 Å². The van der Waals surface area contributed by atoms with Crippen molar-refractivity contribution in [1.29, 1.82) is 0 Å². The molecule has 0 fully saturated rings. The van der Waals surface area contributed by atoms with E-state index in [1.165, 1.54) is 12.1 Å². The summed E-state index contributed by atoms with van der Waals surface area (Å²) in [4.78, 5) is 10.0. The van der Waals surface area contributed by atoms with E-state index in [0.717, 1.165) is 11.8 Å². The van der Waals surface area contributed by atoms with E-state index in [2.05, 4.69) is 15.6 Å². The van der Waals surface area contributed by atoms with Gasteiger partial charge in [0.15, 0.2) is 0 Å². The van der Waals surface area contributed by atoms with Crippen LogP contribution in [0, 0.1) is 10.1 Å². The highest BCUT2D eigenvalue weighted by Gasteiger charge is 2.18. The lowest BCUT2D eigenvalue weighted by atomic mass is 10.2. The van der Waals surface area contributed by atoms with Crippen LogP contribution < -0.4 is 10.5 Å². The van der Waals surface area contributed by atoms with Crippen LogP contribution in [-0.4, -0.2) is 28.3 Å². The number of non-ortho nitro benzene ring substituents is 1. The normalized spacial score (nSPS) is 12.5. The molecule has 11 heteroatoms. The third-order valence-corrected chi connectivity index (χ3v) is 4.68. The van der Waals surface area contributed by atoms with Gasteiger partial charge in [0.25, 0.3) is 5.69 Å². The zero-order valence-electron chi connectivity index (χ0n) is 14.2. The van der Waals surface area contributed by atoms with Gasteiger partial charge in [-0.3, -0.25) is 10.1 Å². The van der Waals surface area contributed by atoms with Crippen molar-refractivity contribution in [3.63, 3.8) is 0 Å². The van der Waals surface area contributed by atoms with Crippen molar-refractivity contribution in [2.45, 2.75) is 17.9 Å². The summed E-state index contributed by atoms with van der Waals surface area (Å²) in [5.74, 6) is 0. The molecule has 27 heavy (non-hydrogen) atoms. The van der Waals surface area contributed by atoms with Crippen LogP contribution in [0.3, 0.4) is 0 Å².